The minimum Gasteiger partial charge on any atom is -0.480 e. The molecule has 0 saturated carbocycles. The Morgan fingerprint density at radius 2 is 2.15 bits per heavy atom. The van der Waals surface area contributed by atoms with E-state index in [9.17, 15) is 9.36 Å². The summed E-state index contributed by atoms with van der Waals surface area (Å²) in [7, 11) is -4.50. The Labute approximate surface area is 74.0 Å². The van der Waals surface area contributed by atoms with E-state index in [0.717, 1.165) is 0 Å². The van der Waals surface area contributed by atoms with Crippen LogP contribution < -0.4 is 5.32 Å². The van der Waals surface area contributed by atoms with Crippen molar-refractivity contribution >= 4 is 13.8 Å². The van der Waals surface area contributed by atoms with E-state index < -0.39 is 25.9 Å². The first kappa shape index (κ1) is 10.6. The minimum absolute atomic E-state index is 0.0699. The van der Waals surface area contributed by atoms with Gasteiger partial charge < -0.3 is 20.2 Å². The van der Waals surface area contributed by atoms with Crippen molar-refractivity contribution < 1.29 is 28.8 Å². The highest BCUT2D eigenvalue weighted by molar-refractivity contribution is 7.46. The molecule has 0 amide bonds. The van der Waals surface area contributed by atoms with Crippen molar-refractivity contribution in [2.75, 3.05) is 6.54 Å². The molecule has 0 aromatic rings. The van der Waals surface area contributed by atoms with E-state index in [2.05, 4.69) is 9.84 Å². The standard InChI is InChI=1S/C5H10NO6P/c7-5(8)4-1-3(2-6-4)12-13(9,10)11/h3-4,6H,1-2H2,(H,7,8)(H2,9,10,11)/t3-,4+/m1/s1. The molecule has 0 unspecified atom stereocenters. The second-order valence-electron chi connectivity index (χ2n) is 2.75. The molecule has 13 heavy (non-hydrogen) atoms. The number of carboxylic acid groups (broad SMARTS) is 1. The van der Waals surface area contributed by atoms with Gasteiger partial charge >= 0.3 is 13.8 Å². The lowest BCUT2D eigenvalue weighted by Crippen LogP contribution is -2.29. The second-order valence-corrected chi connectivity index (χ2v) is 3.94. The van der Waals surface area contributed by atoms with Gasteiger partial charge in [0.05, 0.1) is 6.10 Å². The van der Waals surface area contributed by atoms with E-state index in [4.69, 9.17) is 14.9 Å². The molecule has 0 aromatic heterocycles. The Balaban J connectivity index is 2.42. The fourth-order valence-corrected chi connectivity index (χ4v) is 1.71. The molecule has 4 N–H and O–H groups in total. The van der Waals surface area contributed by atoms with Crippen LogP contribution in [0, 0.1) is 0 Å². The zero-order valence-corrected chi connectivity index (χ0v) is 7.48. The number of nitrogens with one attached hydrogen (secondary N) is 1. The molecule has 7 nitrogen and oxygen atoms in total. The topological polar surface area (TPSA) is 116 Å². The van der Waals surface area contributed by atoms with Crippen molar-refractivity contribution in [2.45, 2.75) is 18.6 Å². The molecule has 1 aliphatic heterocycles. The van der Waals surface area contributed by atoms with Gasteiger partial charge in [0, 0.05) is 13.0 Å². The maximum Gasteiger partial charge on any atom is 0.469 e. The van der Waals surface area contributed by atoms with Gasteiger partial charge in [0.2, 0.25) is 0 Å². The van der Waals surface area contributed by atoms with Gasteiger partial charge in [-0.3, -0.25) is 9.32 Å². The number of phosphoric ester groups is 1. The molecular formula is C5H10NO6P. The Bertz CT molecular complexity index is 249. The summed E-state index contributed by atoms with van der Waals surface area (Å²) in [5.74, 6) is -1.04. The normalized spacial score (nSPS) is 29.1. The van der Waals surface area contributed by atoms with Gasteiger partial charge in [-0.05, 0) is 0 Å². The SMILES string of the molecule is O=C(O)[C@@H]1C[C@@H](OP(=O)(O)O)CN1. The summed E-state index contributed by atoms with van der Waals surface area (Å²) in [6.45, 7) is 0.141. The Morgan fingerprint density at radius 3 is 2.54 bits per heavy atom. The number of phosphoric acid groups is 1. The lowest BCUT2D eigenvalue weighted by molar-refractivity contribution is -0.139. The Kier molecular flexibility index (Phi) is 3.05. The third-order valence-electron chi connectivity index (χ3n) is 1.67. The first-order chi connectivity index (χ1) is 5.88. The van der Waals surface area contributed by atoms with E-state index in [1.165, 1.54) is 0 Å². The minimum atomic E-state index is -4.50. The number of aliphatic carboxylic acids is 1. The van der Waals surface area contributed by atoms with Crippen molar-refractivity contribution in [1.29, 1.82) is 0 Å². The van der Waals surface area contributed by atoms with Crippen LogP contribution in [0.15, 0.2) is 0 Å². The predicted molar refractivity (Wildman–Crippen MR) is 41.0 cm³/mol. The Morgan fingerprint density at radius 1 is 1.54 bits per heavy atom. The maximum atomic E-state index is 10.4. The van der Waals surface area contributed by atoms with Gasteiger partial charge in [-0.25, -0.2) is 4.57 Å². The summed E-state index contributed by atoms with van der Waals surface area (Å²) < 4.78 is 14.7. The van der Waals surface area contributed by atoms with Crippen LogP contribution in [-0.2, 0) is 13.9 Å². The zero-order chi connectivity index (χ0) is 10.1. The molecule has 0 aliphatic carbocycles. The number of rotatable bonds is 3. The molecule has 1 rings (SSSR count). The van der Waals surface area contributed by atoms with Crippen LogP contribution in [0.3, 0.4) is 0 Å². The molecule has 1 aliphatic rings. The van der Waals surface area contributed by atoms with E-state index in [1.807, 2.05) is 0 Å². The lowest BCUT2D eigenvalue weighted by Gasteiger charge is -2.10. The largest absolute Gasteiger partial charge is 0.480 e. The molecule has 1 saturated heterocycles. The average molecular weight is 211 g/mol. The number of carbonyl (C=O) groups is 1. The molecule has 0 spiro atoms. The fourth-order valence-electron chi connectivity index (χ4n) is 1.17. The summed E-state index contributed by atoms with van der Waals surface area (Å²) in [6.07, 6.45) is -0.664. The molecule has 8 heteroatoms. The molecule has 1 heterocycles. The first-order valence-corrected chi connectivity index (χ1v) is 5.11. The van der Waals surface area contributed by atoms with Crippen molar-refractivity contribution in [1.82, 2.24) is 5.32 Å². The van der Waals surface area contributed by atoms with Gasteiger partial charge in [0.15, 0.2) is 0 Å². The highest BCUT2D eigenvalue weighted by Crippen LogP contribution is 2.39. The fraction of sp³-hybridized carbons (Fsp3) is 0.800. The molecule has 1 fully saturated rings. The van der Waals surface area contributed by atoms with Gasteiger partial charge in [0.1, 0.15) is 6.04 Å². The van der Waals surface area contributed by atoms with Crippen LogP contribution in [0.1, 0.15) is 6.42 Å². The van der Waals surface area contributed by atoms with Crippen LogP contribution in [-0.4, -0.2) is 39.6 Å². The molecule has 0 radical (unpaired) electrons. The van der Waals surface area contributed by atoms with Gasteiger partial charge in [-0.1, -0.05) is 0 Å². The van der Waals surface area contributed by atoms with Gasteiger partial charge in [0.25, 0.3) is 0 Å². The van der Waals surface area contributed by atoms with Crippen LogP contribution in [0.2, 0.25) is 0 Å². The summed E-state index contributed by atoms with van der Waals surface area (Å²) in [6, 6.07) is -0.781. The highest BCUT2D eigenvalue weighted by Gasteiger charge is 2.33. The number of hydrogen-bond acceptors (Lipinski definition) is 4. The summed E-state index contributed by atoms with van der Waals surface area (Å²) in [5.41, 5.74) is 0. The third-order valence-corrected chi connectivity index (χ3v) is 2.25. The molecular weight excluding hydrogens is 201 g/mol. The smallest absolute Gasteiger partial charge is 0.469 e. The van der Waals surface area contributed by atoms with Gasteiger partial charge in [-0.2, -0.15) is 0 Å². The second kappa shape index (κ2) is 3.73. The van der Waals surface area contributed by atoms with Crippen LogP contribution in [0.25, 0.3) is 0 Å². The monoisotopic (exact) mass is 211 g/mol. The molecule has 2 atom stereocenters. The van der Waals surface area contributed by atoms with Crippen molar-refractivity contribution in [3.63, 3.8) is 0 Å². The van der Waals surface area contributed by atoms with E-state index in [1.54, 1.807) is 0 Å². The first-order valence-electron chi connectivity index (χ1n) is 3.58. The number of carboxylic acids is 1. The van der Waals surface area contributed by atoms with Crippen LogP contribution in [0.5, 0.6) is 0 Å². The number of hydrogen-bond donors (Lipinski definition) is 4. The quantitative estimate of drug-likeness (QED) is 0.438. The maximum absolute atomic E-state index is 10.4. The lowest BCUT2D eigenvalue weighted by atomic mass is 10.2. The van der Waals surface area contributed by atoms with E-state index in [0.29, 0.717) is 0 Å². The summed E-state index contributed by atoms with van der Waals surface area (Å²) in [5, 5.41) is 11.1. The molecule has 76 valence electrons. The zero-order valence-electron chi connectivity index (χ0n) is 6.58. The van der Waals surface area contributed by atoms with Crippen LogP contribution >= 0.6 is 7.82 Å². The molecule has 0 bridgehead atoms. The van der Waals surface area contributed by atoms with Gasteiger partial charge in [-0.15, -0.1) is 0 Å². The molecule has 0 aromatic carbocycles. The van der Waals surface area contributed by atoms with Crippen molar-refractivity contribution in [3.05, 3.63) is 0 Å². The average Bonchev–Trinajstić information content (AvgIpc) is 2.31. The predicted octanol–water partition coefficient (Wildman–Crippen LogP) is -1.09. The third kappa shape index (κ3) is 3.41. The highest BCUT2D eigenvalue weighted by atomic mass is 31.2. The van der Waals surface area contributed by atoms with Crippen molar-refractivity contribution in [3.8, 4) is 0 Å². The summed E-state index contributed by atoms with van der Waals surface area (Å²) in [4.78, 5) is 27.2. The Hall–Kier alpha value is -0.460. The van der Waals surface area contributed by atoms with E-state index in [-0.39, 0.29) is 13.0 Å². The van der Waals surface area contributed by atoms with Crippen LogP contribution in [0.4, 0.5) is 0 Å². The summed E-state index contributed by atoms with van der Waals surface area (Å²) >= 11 is 0. The van der Waals surface area contributed by atoms with E-state index >= 15 is 0 Å². The van der Waals surface area contributed by atoms with Crippen molar-refractivity contribution in [2.24, 2.45) is 0 Å².